The Bertz CT molecular complexity index is 944. The maximum atomic E-state index is 12.1. The Labute approximate surface area is 199 Å². The number of ether oxygens (including phenoxy) is 4. The van der Waals surface area contributed by atoms with E-state index in [4.69, 9.17) is 14.2 Å². The molecule has 2 aliphatic heterocycles. The zero-order valence-electron chi connectivity index (χ0n) is 18.8. The first-order valence-electron chi connectivity index (χ1n) is 10.5. The molecule has 3 rings (SSSR count). The van der Waals surface area contributed by atoms with Gasteiger partial charge in [-0.25, -0.2) is 4.79 Å². The van der Waals surface area contributed by atoms with Crippen molar-refractivity contribution in [1.82, 2.24) is 0 Å². The normalized spacial score (nSPS) is 24.6. The van der Waals surface area contributed by atoms with Gasteiger partial charge < -0.3 is 54.4 Å². The van der Waals surface area contributed by atoms with Gasteiger partial charge in [0.15, 0.2) is 17.6 Å². The maximum Gasteiger partial charge on any atom is 0.339 e. The van der Waals surface area contributed by atoms with Crippen LogP contribution >= 0.6 is 0 Å². The Balaban J connectivity index is 0.000000307. The SMILES string of the molecule is C=COC(=O)CCCCC(=O)[O-].COc1c(O)cc2c(c1O)C1OC(CO)C(O)C(O)C1OC2=O. The second-order valence-corrected chi connectivity index (χ2v) is 7.60. The Morgan fingerprint density at radius 1 is 1.20 bits per heavy atom. The summed E-state index contributed by atoms with van der Waals surface area (Å²) in [5.41, 5.74) is -0.187. The summed E-state index contributed by atoms with van der Waals surface area (Å²) in [4.78, 5) is 32.6. The second-order valence-electron chi connectivity index (χ2n) is 7.60. The van der Waals surface area contributed by atoms with Crippen LogP contribution in [0, 0.1) is 0 Å². The van der Waals surface area contributed by atoms with E-state index < -0.39 is 60.6 Å². The molecule has 2 aliphatic rings. The van der Waals surface area contributed by atoms with Crippen molar-refractivity contribution >= 4 is 17.9 Å². The lowest BCUT2D eigenvalue weighted by atomic mass is 9.86. The van der Waals surface area contributed by atoms with E-state index in [1.807, 2.05) is 0 Å². The molecule has 194 valence electrons. The number of carboxylic acids is 1. The largest absolute Gasteiger partial charge is 0.550 e. The Hall–Kier alpha value is -3.39. The van der Waals surface area contributed by atoms with Crippen LogP contribution in [-0.4, -0.2) is 81.6 Å². The van der Waals surface area contributed by atoms with Crippen molar-refractivity contribution in [3.63, 3.8) is 0 Å². The van der Waals surface area contributed by atoms with E-state index in [0.29, 0.717) is 12.8 Å². The molecule has 0 aromatic heterocycles. The number of phenols is 2. The number of hydrogen-bond donors (Lipinski definition) is 5. The van der Waals surface area contributed by atoms with Crippen molar-refractivity contribution in [3.05, 3.63) is 30.0 Å². The molecule has 1 aromatic rings. The fourth-order valence-corrected chi connectivity index (χ4v) is 3.64. The highest BCUT2D eigenvalue weighted by Crippen LogP contribution is 2.49. The first-order chi connectivity index (χ1) is 16.6. The molecule has 1 saturated heterocycles. The number of hydrogen-bond acceptors (Lipinski definition) is 13. The number of rotatable bonds is 8. The standard InChI is InChI=1S/C14H16O9.C8H12O4/c1-21-11-5(16)2-4-7(9(11)18)12-13(23-14(4)20)10(19)8(17)6(3-15)22-12;1-2-12-8(11)6-4-3-5-7(9)10/h2,6,8,10,12-13,15-19H,3H2,1H3;2H,1,3-6H2,(H,9,10)/p-1. The summed E-state index contributed by atoms with van der Waals surface area (Å²) >= 11 is 0. The lowest BCUT2D eigenvalue weighted by molar-refractivity contribution is -0.305. The van der Waals surface area contributed by atoms with Crippen molar-refractivity contribution in [1.29, 1.82) is 0 Å². The number of aliphatic carboxylic acids is 1. The average Bonchev–Trinajstić information content (AvgIpc) is 2.80. The summed E-state index contributed by atoms with van der Waals surface area (Å²) < 4.78 is 19.8. The van der Waals surface area contributed by atoms with E-state index in [-0.39, 0.29) is 35.7 Å². The highest BCUT2D eigenvalue weighted by atomic mass is 16.6. The van der Waals surface area contributed by atoms with Gasteiger partial charge in [0.05, 0.1) is 25.5 Å². The number of aromatic hydroxyl groups is 2. The molecule has 0 spiro atoms. The lowest BCUT2D eigenvalue weighted by Gasteiger charge is -2.44. The van der Waals surface area contributed by atoms with E-state index in [1.165, 1.54) is 7.11 Å². The Kier molecular flexibility index (Phi) is 9.83. The molecular formula is C22H27O13-. The minimum atomic E-state index is -1.51. The molecule has 0 aliphatic carbocycles. The smallest absolute Gasteiger partial charge is 0.339 e. The summed E-state index contributed by atoms with van der Waals surface area (Å²) in [6.45, 7) is 2.63. The molecule has 1 fully saturated rings. The Morgan fingerprint density at radius 2 is 1.86 bits per heavy atom. The summed E-state index contributed by atoms with van der Waals surface area (Å²) in [6, 6.07) is 1.06. The van der Waals surface area contributed by atoms with Crippen LogP contribution in [0.2, 0.25) is 0 Å². The van der Waals surface area contributed by atoms with Crippen LogP contribution in [0.4, 0.5) is 0 Å². The average molecular weight is 499 g/mol. The van der Waals surface area contributed by atoms with Gasteiger partial charge in [-0.05, 0) is 25.3 Å². The van der Waals surface area contributed by atoms with Gasteiger partial charge in [-0.1, -0.05) is 6.58 Å². The van der Waals surface area contributed by atoms with Crippen LogP contribution < -0.4 is 9.84 Å². The number of unbranched alkanes of at least 4 members (excludes halogenated alkanes) is 1. The van der Waals surface area contributed by atoms with Crippen LogP contribution in [0.3, 0.4) is 0 Å². The van der Waals surface area contributed by atoms with Crippen LogP contribution in [0.15, 0.2) is 18.9 Å². The van der Waals surface area contributed by atoms with Gasteiger partial charge in [0.2, 0.25) is 5.75 Å². The van der Waals surface area contributed by atoms with E-state index in [1.54, 1.807) is 0 Å². The number of benzene rings is 1. The van der Waals surface area contributed by atoms with Crippen LogP contribution in [0.5, 0.6) is 17.2 Å². The molecule has 13 heteroatoms. The second kappa shape index (κ2) is 12.4. The molecule has 35 heavy (non-hydrogen) atoms. The minimum Gasteiger partial charge on any atom is -0.550 e. The van der Waals surface area contributed by atoms with Crippen molar-refractivity contribution in [2.45, 2.75) is 56.2 Å². The number of carbonyl (C=O) groups is 3. The zero-order chi connectivity index (χ0) is 26.3. The molecular weight excluding hydrogens is 472 g/mol. The molecule has 0 radical (unpaired) electrons. The quantitative estimate of drug-likeness (QED) is 0.161. The highest BCUT2D eigenvalue weighted by molar-refractivity contribution is 5.95. The number of aliphatic hydroxyl groups excluding tert-OH is 3. The van der Waals surface area contributed by atoms with E-state index >= 15 is 0 Å². The van der Waals surface area contributed by atoms with Crippen LogP contribution in [0.25, 0.3) is 0 Å². The maximum absolute atomic E-state index is 12.1. The molecule has 0 saturated carbocycles. The fourth-order valence-electron chi connectivity index (χ4n) is 3.64. The van der Waals surface area contributed by atoms with E-state index in [0.717, 1.165) is 12.3 Å². The molecule has 1 aromatic carbocycles. The molecule has 0 amide bonds. The van der Waals surface area contributed by atoms with Gasteiger partial charge in [-0.3, -0.25) is 4.79 Å². The van der Waals surface area contributed by atoms with Crippen molar-refractivity contribution < 1.29 is 64.0 Å². The van der Waals surface area contributed by atoms with Gasteiger partial charge >= 0.3 is 11.9 Å². The number of esters is 2. The number of phenolic OH excluding ortho intramolecular Hbond substituents is 2. The predicted molar refractivity (Wildman–Crippen MR) is 112 cm³/mol. The van der Waals surface area contributed by atoms with Gasteiger partial charge in [0.1, 0.15) is 24.4 Å². The molecule has 0 bridgehead atoms. The van der Waals surface area contributed by atoms with Gasteiger partial charge in [0.25, 0.3) is 0 Å². The van der Waals surface area contributed by atoms with Crippen molar-refractivity contribution in [2.75, 3.05) is 13.7 Å². The van der Waals surface area contributed by atoms with Crippen LogP contribution in [-0.2, 0) is 23.8 Å². The zero-order valence-corrected chi connectivity index (χ0v) is 18.8. The van der Waals surface area contributed by atoms with Crippen molar-refractivity contribution in [3.8, 4) is 17.2 Å². The van der Waals surface area contributed by atoms with Gasteiger partial charge in [-0.2, -0.15) is 0 Å². The summed E-state index contributed by atoms with van der Waals surface area (Å²) in [5.74, 6) is -3.63. The third-order valence-electron chi connectivity index (χ3n) is 5.32. The molecule has 5 atom stereocenters. The fraction of sp³-hybridized carbons (Fsp3) is 0.500. The summed E-state index contributed by atoms with van der Waals surface area (Å²) in [5, 5.41) is 59.3. The monoisotopic (exact) mass is 499 g/mol. The van der Waals surface area contributed by atoms with E-state index in [2.05, 4.69) is 11.3 Å². The number of fused-ring (bicyclic) bond motifs is 3. The molecule has 5 N–H and O–H groups in total. The van der Waals surface area contributed by atoms with Crippen molar-refractivity contribution in [2.24, 2.45) is 0 Å². The Morgan fingerprint density at radius 3 is 2.43 bits per heavy atom. The topological polar surface area (TPSA) is 212 Å². The number of carboxylic acid groups (broad SMARTS) is 1. The van der Waals surface area contributed by atoms with Crippen LogP contribution in [0.1, 0.15) is 47.7 Å². The third-order valence-corrected chi connectivity index (χ3v) is 5.32. The van der Waals surface area contributed by atoms with E-state index in [9.17, 15) is 45.0 Å². The summed E-state index contributed by atoms with van der Waals surface area (Å²) in [7, 11) is 1.22. The minimum absolute atomic E-state index is 0.0125. The number of carbonyl (C=O) groups excluding carboxylic acids is 3. The van der Waals surface area contributed by atoms with Gasteiger partial charge in [-0.15, -0.1) is 0 Å². The van der Waals surface area contributed by atoms with Gasteiger partial charge in [0, 0.05) is 18.0 Å². The molecule has 5 unspecified atom stereocenters. The number of aliphatic hydroxyl groups is 3. The first-order valence-corrected chi connectivity index (χ1v) is 10.5. The predicted octanol–water partition coefficient (Wildman–Crippen LogP) is -1.22. The lowest BCUT2D eigenvalue weighted by Crippen LogP contribution is -2.58. The molecule has 13 nitrogen and oxygen atoms in total. The first kappa shape index (κ1) is 27.9. The third kappa shape index (κ3) is 6.39. The molecule has 2 heterocycles. The number of methoxy groups -OCH3 is 1. The summed E-state index contributed by atoms with van der Waals surface area (Å²) in [6.07, 6.45) is -4.30. The highest BCUT2D eigenvalue weighted by Gasteiger charge is 2.52.